The van der Waals surface area contributed by atoms with Crippen molar-refractivity contribution in [1.29, 1.82) is 0 Å². The molecule has 0 spiro atoms. The van der Waals surface area contributed by atoms with Gasteiger partial charge in [-0.3, -0.25) is 4.79 Å². The minimum absolute atomic E-state index is 0.0637. The summed E-state index contributed by atoms with van der Waals surface area (Å²) in [7, 11) is 0. The highest BCUT2D eigenvalue weighted by Gasteiger charge is 2.01. The number of rotatable bonds is 4. The zero-order valence-corrected chi connectivity index (χ0v) is 11.4. The number of carbonyl (C=O) groups excluding carboxylic acids is 1. The smallest absolute Gasteiger partial charge is 0.149 e. The average Bonchev–Trinajstić information content (AvgIpc) is 2.38. The van der Waals surface area contributed by atoms with Crippen LogP contribution in [0.5, 0.6) is 0 Å². The number of carbonyl (C=O) groups is 1. The van der Waals surface area contributed by atoms with E-state index in [9.17, 15) is 4.79 Å². The lowest BCUT2D eigenvalue weighted by Crippen LogP contribution is -2.11. The normalized spacial score (nSPS) is 10.1. The molecule has 1 heterocycles. The highest BCUT2D eigenvalue weighted by Crippen LogP contribution is 2.19. The van der Waals surface area contributed by atoms with Crippen molar-refractivity contribution in [3.8, 4) is 11.3 Å². The summed E-state index contributed by atoms with van der Waals surface area (Å²) in [6.45, 7) is 1.79. The Labute approximate surface area is 114 Å². The first-order valence-electron chi connectivity index (χ1n) is 5.48. The predicted molar refractivity (Wildman–Crippen MR) is 74.3 cm³/mol. The minimum Gasteiger partial charge on any atom is -0.362 e. The number of Topliss-reactive ketones (excluding diaryl/α,β-unsaturated/α-hetero) is 1. The molecule has 0 bridgehead atoms. The lowest BCUT2D eigenvalue weighted by atomic mass is 10.1. The van der Waals surface area contributed by atoms with Crippen LogP contribution in [0.2, 0.25) is 0 Å². The zero-order valence-electron chi connectivity index (χ0n) is 9.85. The molecule has 0 atom stereocenters. The van der Waals surface area contributed by atoms with E-state index in [0.717, 1.165) is 15.7 Å². The SMILES string of the molecule is CC(=O)CNc1ccc(-c2ccc(Br)cc2)nn1. The third kappa shape index (κ3) is 3.37. The summed E-state index contributed by atoms with van der Waals surface area (Å²) in [5.74, 6) is 0.667. The number of hydrogen-bond acceptors (Lipinski definition) is 4. The van der Waals surface area contributed by atoms with Gasteiger partial charge >= 0.3 is 0 Å². The fourth-order valence-corrected chi connectivity index (χ4v) is 1.68. The number of aromatic nitrogens is 2. The topological polar surface area (TPSA) is 54.9 Å². The van der Waals surface area contributed by atoms with E-state index in [-0.39, 0.29) is 12.3 Å². The number of nitrogens with one attached hydrogen (secondary N) is 1. The lowest BCUT2D eigenvalue weighted by Gasteiger charge is -2.04. The van der Waals surface area contributed by atoms with Gasteiger partial charge in [0.25, 0.3) is 0 Å². The molecule has 92 valence electrons. The quantitative estimate of drug-likeness (QED) is 0.943. The first kappa shape index (κ1) is 12.7. The van der Waals surface area contributed by atoms with Gasteiger partial charge in [0.15, 0.2) is 0 Å². The summed E-state index contributed by atoms with van der Waals surface area (Å²) in [5.41, 5.74) is 1.81. The Bertz CT molecular complexity index is 537. The summed E-state index contributed by atoms with van der Waals surface area (Å²) in [4.78, 5) is 10.8. The molecular weight excluding hydrogens is 294 g/mol. The third-order valence-corrected chi connectivity index (χ3v) is 2.85. The van der Waals surface area contributed by atoms with Crippen LogP contribution < -0.4 is 5.32 Å². The van der Waals surface area contributed by atoms with E-state index in [1.165, 1.54) is 6.92 Å². The maximum atomic E-state index is 10.8. The van der Waals surface area contributed by atoms with Crippen LogP contribution in [0.3, 0.4) is 0 Å². The highest BCUT2D eigenvalue weighted by atomic mass is 79.9. The summed E-state index contributed by atoms with van der Waals surface area (Å²) < 4.78 is 1.03. The van der Waals surface area contributed by atoms with Gasteiger partial charge in [0, 0.05) is 10.0 Å². The van der Waals surface area contributed by atoms with Crippen molar-refractivity contribution in [3.05, 3.63) is 40.9 Å². The van der Waals surface area contributed by atoms with Crippen molar-refractivity contribution in [2.45, 2.75) is 6.92 Å². The molecule has 0 radical (unpaired) electrons. The van der Waals surface area contributed by atoms with E-state index in [2.05, 4.69) is 31.4 Å². The Kier molecular flexibility index (Phi) is 4.04. The Morgan fingerprint density at radius 1 is 1.17 bits per heavy atom. The van der Waals surface area contributed by atoms with E-state index in [0.29, 0.717) is 5.82 Å². The minimum atomic E-state index is 0.0637. The molecule has 0 unspecified atom stereocenters. The molecule has 1 aromatic heterocycles. The van der Waals surface area contributed by atoms with Crippen molar-refractivity contribution in [2.24, 2.45) is 0 Å². The van der Waals surface area contributed by atoms with E-state index >= 15 is 0 Å². The molecule has 2 aromatic rings. The van der Waals surface area contributed by atoms with Gasteiger partial charge in [-0.1, -0.05) is 28.1 Å². The van der Waals surface area contributed by atoms with Crippen LogP contribution >= 0.6 is 15.9 Å². The largest absolute Gasteiger partial charge is 0.362 e. The molecule has 0 aliphatic rings. The number of nitrogens with zero attached hydrogens (tertiary/aromatic N) is 2. The van der Waals surface area contributed by atoms with Crippen LogP contribution in [0.4, 0.5) is 5.82 Å². The van der Waals surface area contributed by atoms with Gasteiger partial charge in [0.1, 0.15) is 11.6 Å². The molecule has 0 saturated heterocycles. The monoisotopic (exact) mass is 305 g/mol. The van der Waals surface area contributed by atoms with Gasteiger partial charge < -0.3 is 5.32 Å². The van der Waals surface area contributed by atoms with Gasteiger partial charge in [-0.25, -0.2) is 0 Å². The lowest BCUT2D eigenvalue weighted by molar-refractivity contribution is -0.115. The van der Waals surface area contributed by atoms with Crippen LogP contribution in [0, 0.1) is 0 Å². The van der Waals surface area contributed by atoms with Crippen molar-refractivity contribution >= 4 is 27.5 Å². The number of halogens is 1. The first-order chi connectivity index (χ1) is 8.65. The Morgan fingerprint density at radius 3 is 2.44 bits per heavy atom. The second-order valence-corrected chi connectivity index (χ2v) is 4.78. The fourth-order valence-electron chi connectivity index (χ4n) is 1.42. The van der Waals surface area contributed by atoms with Gasteiger partial charge in [0.2, 0.25) is 0 Å². The molecule has 0 aliphatic carbocycles. The predicted octanol–water partition coefficient (Wildman–Crippen LogP) is 2.91. The number of benzene rings is 1. The maximum Gasteiger partial charge on any atom is 0.149 e. The fraction of sp³-hybridized carbons (Fsp3) is 0.154. The molecule has 0 saturated carbocycles. The number of hydrogen-bond donors (Lipinski definition) is 1. The van der Waals surface area contributed by atoms with Gasteiger partial charge in [-0.2, -0.15) is 0 Å². The standard InChI is InChI=1S/C13H12BrN3O/c1-9(18)8-15-13-7-6-12(16-17-13)10-2-4-11(14)5-3-10/h2-7H,8H2,1H3,(H,15,17). The average molecular weight is 306 g/mol. The van der Waals surface area contributed by atoms with E-state index in [1.54, 1.807) is 0 Å². The van der Waals surface area contributed by atoms with Crippen molar-refractivity contribution in [1.82, 2.24) is 10.2 Å². The molecule has 0 fully saturated rings. The Hall–Kier alpha value is -1.75. The van der Waals surface area contributed by atoms with E-state index in [1.807, 2.05) is 36.4 Å². The van der Waals surface area contributed by atoms with E-state index in [4.69, 9.17) is 0 Å². The number of anilines is 1. The van der Waals surface area contributed by atoms with Gasteiger partial charge in [-0.15, -0.1) is 10.2 Å². The Balaban J connectivity index is 2.12. The van der Waals surface area contributed by atoms with Crippen LogP contribution in [0.25, 0.3) is 11.3 Å². The van der Waals surface area contributed by atoms with Crippen LogP contribution in [-0.4, -0.2) is 22.5 Å². The van der Waals surface area contributed by atoms with Crippen molar-refractivity contribution in [3.63, 3.8) is 0 Å². The first-order valence-corrected chi connectivity index (χ1v) is 6.27. The molecule has 1 aromatic carbocycles. The molecule has 18 heavy (non-hydrogen) atoms. The number of ketones is 1. The zero-order chi connectivity index (χ0) is 13.0. The second-order valence-electron chi connectivity index (χ2n) is 3.87. The van der Waals surface area contributed by atoms with E-state index < -0.39 is 0 Å². The van der Waals surface area contributed by atoms with Crippen LogP contribution in [0.15, 0.2) is 40.9 Å². The third-order valence-electron chi connectivity index (χ3n) is 2.32. The van der Waals surface area contributed by atoms with Crippen LogP contribution in [-0.2, 0) is 4.79 Å². The Morgan fingerprint density at radius 2 is 1.89 bits per heavy atom. The van der Waals surface area contributed by atoms with Crippen molar-refractivity contribution < 1.29 is 4.79 Å². The summed E-state index contributed by atoms with van der Waals surface area (Å²) in [6, 6.07) is 11.5. The maximum absolute atomic E-state index is 10.8. The molecule has 4 nitrogen and oxygen atoms in total. The molecule has 0 amide bonds. The summed E-state index contributed by atoms with van der Waals surface area (Å²) in [5, 5.41) is 11.0. The van der Waals surface area contributed by atoms with Gasteiger partial charge in [0.05, 0.1) is 12.2 Å². The second kappa shape index (κ2) is 5.73. The van der Waals surface area contributed by atoms with Gasteiger partial charge in [-0.05, 0) is 31.2 Å². The molecule has 0 aliphatic heterocycles. The summed E-state index contributed by atoms with van der Waals surface area (Å²) in [6.07, 6.45) is 0. The molecule has 1 N–H and O–H groups in total. The molecular formula is C13H12BrN3O. The molecule has 5 heteroatoms. The van der Waals surface area contributed by atoms with Crippen LogP contribution in [0.1, 0.15) is 6.92 Å². The molecule has 2 rings (SSSR count). The highest BCUT2D eigenvalue weighted by molar-refractivity contribution is 9.10. The summed E-state index contributed by atoms with van der Waals surface area (Å²) >= 11 is 3.39. The van der Waals surface area contributed by atoms with Crippen molar-refractivity contribution in [2.75, 3.05) is 11.9 Å².